The lowest BCUT2D eigenvalue weighted by Crippen LogP contribution is -2.26. The molecule has 0 aliphatic heterocycles. The number of anilines is 1. The number of hydrogen-bond donors (Lipinski definition) is 1. The lowest BCUT2D eigenvalue weighted by molar-refractivity contribution is 0.277. The van der Waals surface area contributed by atoms with E-state index in [1.54, 1.807) is 34.1 Å². The molecule has 29 heavy (non-hydrogen) atoms. The Balaban J connectivity index is 0. The van der Waals surface area contributed by atoms with Crippen LogP contribution in [0.5, 0.6) is 0 Å². The number of nitrogens with one attached hydrogen (secondary N) is 1. The number of aromatic nitrogens is 2. The summed E-state index contributed by atoms with van der Waals surface area (Å²) in [6.45, 7) is 14.0. The van der Waals surface area contributed by atoms with Gasteiger partial charge in [0, 0.05) is 27.0 Å². The van der Waals surface area contributed by atoms with Gasteiger partial charge in [-0.2, -0.15) is 5.26 Å². The van der Waals surface area contributed by atoms with Gasteiger partial charge >= 0.3 is 0 Å². The fourth-order valence-corrected chi connectivity index (χ4v) is 1.86. The molecule has 0 amide bonds. The average Bonchev–Trinajstić information content (AvgIpc) is 2.74. The topological polar surface area (TPSA) is 102 Å². The van der Waals surface area contributed by atoms with E-state index in [2.05, 4.69) is 26.6 Å². The Morgan fingerprint density at radius 2 is 2.00 bits per heavy atom. The van der Waals surface area contributed by atoms with Crippen molar-refractivity contribution in [3.05, 3.63) is 46.5 Å². The maximum Gasteiger partial charge on any atom is 0.293 e. The third-order valence-corrected chi connectivity index (χ3v) is 3.28. The fourth-order valence-electron chi connectivity index (χ4n) is 1.86. The van der Waals surface area contributed by atoms with Gasteiger partial charge in [0.15, 0.2) is 11.5 Å². The molecule has 0 fully saturated rings. The zero-order valence-electron chi connectivity index (χ0n) is 19.0. The van der Waals surface area contributed by atoms with Crippen molar-refractivity contribution in [2.24, 2.45) is 4.99 Å². The number of methoxy groups -OCH3 is 2. The quantitative estimate of drug-likeness (QED) is 0.516. The molecule has 0 aromatic carbocycles. The van der Waals surface area contributed by atoms with Gasteiger partial charge in [-0.15, -0.1) is 0 Å². The molecule has 0 atom stereocenters. The summed E-state index contributed by atoms with van der Waals surface area (Å²) >= 11 is 0. The molecule has 1 aromatic heterocycles. The van der Waals surface area contributed by atoms with E-state index in [1.165, 1.54) is 17.9 Å². The number of aryl methyl sites for hydroxylation is 1. The second-order valence-electron chi connectivity index (χ2n) is 5.48. The molecule has 0 unspecified atom stereocenters. The number of hydrogen-bond acceptors (Lipinski definition) is 7. The van der Waals surface area contributed by atoms with Gasteiger partial charge < -0.3 is 19.4 Å². The summed E-state index contributed by atoms with van der Waals surface area (Å²) in [7, 11) is 4.77. The summed E-state index contributed by atoms with van der Waals surface area (Å²) in [4.78, 5) is 20.7. The lowest BCUT2D eigenvalue weighted by Gasteiger charge is -2.11. The zero-order valence-corrected chi connectivity index (χ0v) is 19.0. The van der Waals surface area contributed by atoms with Gasteiger partial charge in [0.1, 0.15) is 6.07 Å². The second-order valence-corrected chi connectivity index (χ2v) is 5.48. The van der Waals surface area contributed by atoms with Crippen molar-refractivity contribution in [1.82, 2.24) is 9.55 Å². The van der Waals surface area contributed by atoms with E-state index in [9.17, 15) is 4.79 Å². The van der Waals surface area contributed by atoms with Crippen LogP contribution in [0.2, 0.25) is 0 Å². The van der Waals surface area contributed by atoms with Crippen molar-refractivity contribution in [3.63, 3.8) is 0 Å². The molecule has 8 heteroatoms. The van der Waals surface area contributed by atoms with Crippen LogP contribution in [0.4, 0.5) is 5.82 Å². The molecule has 0 aliphatic carbocycles. The monoisotopic (exact) mass is 405 g/mol. The summed E-state index contributed by atoms with van der Waals surface area (Å²) in [5.74, 6) is 0.499. The third kappa shape index (κ3) is 10.9. The molecule has 1 rings (SSSR count). The van der Waals surface area contributed by atoms with Crippen molar-refractivity contribution >= 4 is 11.5 Å². The van der Waals surface area contributed by atoms with Crippen molar-refractivity contribution in [2.45, 2.75) is 54.0 Å². The fraction of sp³-hybridized carbons (Fsp3) is 0.524. The Hall–Kier alpha value is -2.92. The summed E-state index contributed by atoms with van der Waals surface area (Å²) < 4.78 is 10.8. The van der Waals surface area contributed by atoms with E-state index in [4.69, 9.17) is 10.00 Å². The van der Waals surface area contributed by atoms with Crippen LogP contribution < -0.4 is 10.9 Å². The van der Waals surface area contributed by atoms with Gasteiger partial charge in [0.2, 0.25) is 5.88 Å². The molecule has 0 saturated heterocycles. The van der Waals surface area contributed by atoms with Gasteiger partial charge in [0.25, 0.3) is 5.56 Å². The molecule has 1 aromatic rings. The molecular weight excluding hydrogens is 370 g/mol. The number of ether oxygens (including phenoxy) is 2. The molecule has 162 valence electrons. The summed E-state index contributed by atoms with van der Waals surface area (Å²) in [6.07, 6.45) is 4.97. The maximum atomic E-state index is 12.4. The molecule has 0 radical (unpaired) electrons. The molecule has 0 saturated carbocycles. The highest BCUT2D eigenvalue weighted by Crippen LogP contribution is 2.07. The SMILES string of the molecule is C=C(Nc1nc(C#N)cn(CCCC)c1=O)/C(C)=N\C(=C\C)OC.CC.COC. The van der Waals surface area contributed by atoms with Crippen LogP contribution in [0, 0.1) is 11.3 Å². The normalized spacial score (nSPS) is 10.6. The number of nitrogens with zero attached hydrogens (tertiary/aromatic N) is 4. The minimum Gasteiger partial charge on any atom is -0.481 e. The Kier molecular flexibility index (Phi) is 16.8. The van der Waals surface area contributed by atoms with E-state index < -0.39 is 0 Å². The first-order valence-corrected chi connectivity index (χ1v) is 9.51. The highest BCUT2D eigenvalue weighted by Gasteiger charge is 2.11. The minimum atomic E-state index is -0.297. The van der Waals surface area contributed by atoms with Crippen molar-refractivity contribution in [2.75, 3.05) is 26.6 Å². The number of allylic oxidation sites excluding steroid dienone is 2. The lowest BCUT2D eigenvalue weighted by atomic mass is 10.3. The Morgan fingerprint density at radius 3 is 2.45 bits per heavy atom. The largest absolute Gasteiger partial charge is 0.481 e. The minimum absolute atomic E-state index is 0.0594. The van der Waals surface area contributed by atoms with Crippen molar-refractivity contribution < 1.29 is 9.47 Å². The standard InChI is InChI=1S/C17H23N5O2.C2H6O.C2H6/c1-6-8-9-22-11-14(10-18)21-16(17(22)23)20-13(4)12(3)19-15(7-2)24-5;1-3-2;1-2/h7,11H,4,6,8-9H2,1-3,5H3,(H,20,21);1-2H3;1-2H3/b15-7-,19-12-;;. The first-order valence-electron chi connectivity index (χ1n) is 9.51. The van der Waals surface area contributed by atoms with Gasteiger partial charge in [-0.05, 0) is 26.3 Å². The van der Waals surface area contributed by atoms with Crippen LogP contribution in [0.3, 0.4) is 0 Å². The van der Waals surface area contributed by atoms with Gasteiger partial charge in [-0.1, -0.05) is 33.8 Å². The Morgan fingerprint density at radius 1 is 1.41 bits per heavy atom. The number of aliphatic imine (C=N–C) groups is 1. The number of unbranched alkanes of at least 4 members (excludes halogenated alkanes) is 1. The second kappa shape index (κ2) is 17.2. The smallest absolute Gasteiger partial charge is 0.293 e. The predicted molar refractivity (Wildman–Crippen MR) is 119 cm³/mol. The van der Waals surface area contributed by atoms with Crippen LogP contribution >= 0.6 is 0 Å². The third-order valence-electron chi connectivity index (χ3n) is 3.28. The Labute approximate surface area is 174 Å². The van der Waals surface area contributed by atoms with Crippen LogP contribution in [0.1, 0.15) is 53.2 Å². The number of nitriles is 1. The van der Waals surface area contributed by atoms with E-state index in [0.29, 0.717) is 23.8 Å². The molecule has 0 spiro atoms. The summed E-state index contributed by atoms with van der Waals surface area (Å²) in [5, 5.41) is 12.0. The first kappa shape index (κ1) is 28.3. The van der Waals surface area contributed by atoms with Gasteiger partial charge in [-0.25, -0.2) is 9.98 Å². The molecule has 8 nitrogen and oxygen atoms in total. The van der Waals surface area contributed by atoms with Crippen LogP contribution in [0.25, 0.3) is 0 Å². The first-order chi connectivity index (χ1) is 13.9. The van der Waals surface area contributed by atoms with E-state index in [1.807, 2.05) is 26.8 Å². The molecular formula is C21H35N5O3. The van der Waals surface area contributed by atoms with Crippen LogP contribution in [-0.2, 0) is 16.0 Å². The molecule has 1 heterocycles. The molecule has 0 bridgehead atoms. The van der Waals surface area contributed by atoms with E-state index >= 15 is 0 Å². The number of rotatable bonds is 8. The van der Waals surface area contributed by atoms with Crippen LogP contribution in [-0.4, -0.2) is 36.6 Å². The van der Waals surface area contributed by atoms with Crippen molar-refractivity contribution in [1.29, 1.82) is 5.26 Å². The van der Waals surface area contributed by atoms with Crippen molar-refractivity contribution in [3.8, 4) is 6.07 Å². The van der Waals surface area contributed by atoms with E-state index in [-0.39, 0.29) is 17.1 Å². The molecule has 1 N–H and O–H groups in total. The summed E-state index contributed by atoms with van der Waals surface area (Å²) in [5.41, 5.74) is 0.831. The van der Waals surface area contributed by atoms with E-state index in [0.717, 1.165) is 12.8 Å². The highest BCUT2D eigenvalue weighted by molar-refractivity contribution is 6.00. The maximum absolute atomic E-state index is 12.4. The van der Waals surface area contributed by atoms with Crippen LogP contribution in [0.15, 0.2) is 40.2 Å². The van der Waals surface area contributed by atoms with Gasteiger partial charge in [0.05, 0.1) is 18.5 Å². The Bertz CT molecular complexity index is 774. The molecule has 0 aliphatic rings. The summed E-state index contributed by atoms with van der Waals surface area (Å²) in [6, 6.07) is 1.96. The highest BCUT2D eigenvalue weighted by atomic mass is 16.5. The predicted octanol–water partition coefficient (Wildman–Crippen LogP) is 4.10. The average molecular weight is 406 g/mol. The zero-order chi connectivity index (χ0) is 22.8. The van der Waals surface area contributed by atoms with Gasteiger partial charge in [-0.3, -0.25) is 4.79 Å².